The van der Waals surface area contributed by atoms with Gasteiger partial charge in [-0.15, -0.1) is 11.3 Å². The Morgan fingerprint density at radius 3 is 1.24 bits per heavy atom. The highest BCUT2D eigenvalue weighted by atomic mass is 32.1. The highest BCUT2D eigenvalue weighted by Crippen LogP contribution is 2.54. The number of hydrogen-bond acceptors (Lipinski definition) is 2. The van der Waals surface area contributed by atoms with Crippen LogP contribution in [0.1, 0.15) is 245 Å². The van der Waals surface area contributed by atoms with E-state index in [0.29, 0.717) is 6.10 Å². The van der Waals surface area contributed by atoms with Gasteiger partial charge in [0.25, 0.3) is 0 Å². The van der Waals surface area contributed by atoms with Gasteiger partial charge in [-0.2, -0.15) is 0 Å². The molecule has 11 aliphatic rings. The molecule has 13 aromatic carbocycles. The molecule has 0 saturated carbocycles. The van der Waals surface area contributed by atoms with Crippen molar-refractivity contribution in [3.8, 4) is 66.8 Å². The molecule has 1 unspecified atom stereocenters. The molecule has 25 rings (SSSR count). The van der Waals surface area contributed by atoms with E-state index >= 15 is 0 Å². The van der Waals surface area contributed by atoms with Crippen LogP contribution in [0.25, 0.3) is 77.5 Å². The standard InChI is InChI=1S/C29H38.C19H16S.C18H18O.C17H16.C17H12.C16H14/c1-26(2)9-11-28(5,6)24-16-20-18(14-22(24)26)13-19-15-23-25(17-21(19)20)29(7,8)12-10-27(23,3)4;1-13-6-8-17(20-13)11-14-7-9-19-16(10-14)12-15-4-2-3-5-18(15)19;1-2-6-17-14(4-1)12-15-10-13(7-8-18(15)17)11-16-5-3-9-19-16;1-3-7-15-12(5-1)9-10-14-11-13-6-2-4-8-16(13)17(14)15;1-2-6-13-11-17-15(9-12(13)5-1)10-14-7-3-4-8-16(14)17;1-2-7-15-13(4-1)9-14-8-11-5-3-6-12(11)10-16(14)15/h14-17H,9-13H2,1-8H3;2-10H,11-12H2,1H3;1-2,4,6-8,10,16H,3,5,9,11-12H2;2,4,6,8-10H,1,3,5,7,11H2;1-9,11H,10H2;1-2,4,7-8,10H,3,5-6,9H2. The number of ether oxygens (including phenoxy) is 1. The van der Waals surface area contributed by atoms with Crippen LogP contribution < -0.4 is 0 Å². The fourth-order valence-electron chi connectivity index (χ4n) is 22.3. The van der Waals surface area contributed by atoms with Crippen molar-refractivity contribution < 1.29 is 4.74 Å². The quantitative estimate of drug-likeness (QED) is 0.171. The zero-order chi connectivity index (χ0) is 80.2. The molecule has 0 radical (unpaired) electrons. The lowest BCUT2D eigenvalue weighted by Crippen LogP contribution is -2.34. The average molecular weight is 1560 g/mol. The van der Waals surface area contributed by atoms with E-state index in [0.717, 1.165) is 58.0 Å². The summed E-state index contributed by atoms with van der Waals surface area (Å²) in [5.74, 6) is 0. The van der Waals surface area contributed by atoms with Crippen molar-refractivity contribution in [2.24, 2.45) is 0 Å². The predicted molar refractivity (Wildman–Crippen MR) is 499 cm³/mol. The summed E-state index contributed by atoms with van der Waals surface area (Å²) in [4.78, 5) is 2.85. The summed E-state index contributed by atoms with van der Waals surface area (Å²) in [6.45, 7) is 22.7. The lowest BCUT2D eigenvalue weighted by molar-refractivity contribution is 0.111. The Morgan fingerprint density at radius 2 is 0.695 bits per heavy atom. The highest BCUT2D eigenvalue weighted by molar-refractivity contribution is 7.11. The second kappa shape index (κ2) is 30.9. The van der Waals surface area contributed by atoms with Gasteiger partial charge in [0.05, 0.1) is 6.10 Å². The molecule has 118 heavy (non-hydrogen) atoms. The molecule has 1 saturated heterocycles. The minimum atomic E-state index is 0.276. The summed E-state index contributed by atoms with van der Waals surface area (Å²) in [6, 6.07) is 95.7. The number of thiophene rings is 1. The first-order chi connectivity index (χ1) is 57.3. The maximum Gasteiger partial charge on any atom is 0.0616 e. The molecule has 1 atom stereocenters. The highest BCUT2D eigenvalue weighted by Gasteiger charge is 2.42. The van der Waals surface area contributed by atoms with Crippen molar-refractivity contribution in [2.45, 2.75) is 225 Å². The molecule has 14 aromatic rings. The number of benzene rings is 13. The number of fused-ring (bicyclic) bond motifs is 24. The first kappa shape index (κ1) is 76.5. The summed E-state index contributed by atoms with van der Waals surface area (Å²) in [6.07, 6.45) is 26.0. The summed E-state index contributed by atoms with van der Waals surface area (Å²) in [5.41, 5.74) is 52.5. The van der Waals surface area contributed by atoms with Gasteiger partial charge in [-0.05, 0) is 375 Å². The summed E-state index contributed by atoms with van der Waals surface area (Å²) in [5, 5.41) is 2.68. The van der Waals surface area contributed by atoms with Crippen molar-refractivity contribution in [1.82, 2.24) is 0 Å². The van der Waals surface area contributed by atoms with Crippen LogP contribution in [0.5, 0.6) is 0 Å². The number of rotatable bonds is 4. The molecular formula is C116H114OS. The van der Waals surface area contributed by atoms with Gasteiger partial charge < -0.3 is 4.74 Å². The largest absolute Gasteiger partial charge is 0.378 e. The van der Waals surface area contributed by atoms with Crippen LogP contribution in [0.15, 0.2) is 255 Å². The zero-order valence-electron chi connectivity index (χ0n) is 71.2. The molecule has 2 heteroatoms. The van der Waals surface area contributed by atoms with E-state index in [-0.39, 0.29) is 21.7 Å². The van der Waals surface area contributed by atoms with Crippen LogP contribution in [0.4, 0.5) is 0 Å². The van der Waals surface area contributed by atoms with Crippen molar-refractivity contribution in [3.63, 3.8) is 0 Å². The van der Waals surface area contributed by atoms with Crippen LogP contribution in [-0.4, -0.2) is 12.7 Å². The molecule has 590 valence electrons. The number of aryl methyl sites for hydroxylation is 4. The Bertz CT molecular complexity index is 6180. The maximum absolute atomic E-state index is 5.74. The zero-order valence-corrected chi connectivity index (χ0v) is 72.0. The summed E-state index contributed by atoms with van der Waals surface area (Å²) < 4.78 is 5.74. The average Bonchev–Trinajstić information content (AvgIpc) is 1.44. The lowest BCUT2D eigenvalue weighted by atomic mass is 9.62. The molecule has 0 N–H and O–H groups in total. The van der Waals surface area contributed by atoms with E-state index in [1.54, 1.807) is 72.3 Å². The van der Waals surface area contributed by atoms with Crippen LogP contribution in [-0.2, 0) is 103 Å². The van der Waals surface area contributed by atoms with Crippen molar-refractivity contribution in [2.75, 3.05) is 6.61 Å². The summed E-state index contributed by atoms with van der Waals surface area (Å²) in [7, 11) is 0. The van der Waals surface area contributed by atoms with Crippen LogP contribution in [0.3, 0.4) is 0 Å². The van der Waals surface area contributed by atoms with Gasteiger partial charge in [-0.3, -0.25) is 0 Å². The van der Waals surface area contributed by atoms with Crippen molar-refractivity contribution >= 4 is 22.1 Å². The molecule has 0 amide bonds. The molecule has 1 aromatic heterocycles. The van der Waals surface area contributed by atoms with Gasteiger partial charge >= 0.3 is 0 Å². The first-order valence-electron chi connectivity index (χ1n) is 44.8. The normalized spacial score (nSPS) is 17.6. The SMILES string of the molecule is CC1(C)CCC(C)(C)c2cc3c(cc21)Cc1cc2c(cc1-3)C(C)(C)CCC2(C)C.Cc1ccc(Cc2ccc3c(c2)Cc2ccccc2-3)s1.c1ccc2c(c1)Cc1cc(CC3CCCO3)ccc1-2.c1ccc2c(c1)Cc1cc3c(cc1-2)CCC3.c1ccc2c(c1)Cc1cc3ccccc3cc1-2.c1ccc2c(c1)Cc1ccc3c(c1-2)CCCC3. The van der Waals surface area contributed by atoms with Gasteiger partial charge in [0, 0.05) is 22.8 Å². The molecule has 0 spiro atoms. The van der Waals surface area contributed by atoms with Gasteiger partial charge in [0.2, 0.25) is 0 Å². The second-order valence-electron chi connectivity index (χ2n) is 38.9. The molecular weight excluding hydrogens is 1440 g/mol. The van der Waals surface area contributed by atoms with E-state index in [1.807, 2.05) is 11.3 Å². The third-order valence-corrected chi connectivity index (χ3v) is 30.2. The van der Waals surface area contributed by atoms with E-state index in [1.165, 1.54) is 221 Å². The first-order valence-corrected chi connectivity index (χ1v) is 45.6. The fraction of sp³-hybridized carbons (Fsp3) is 0.310. The Balaban J connectivity index is 0.0000000920. The maximum atomic E-state index is 5.74. The molecule has 1 fully saturated rings. The summed E-state index contributed by atoms with van der Waals surface area (Å²) >= 11 is 1.90. The lowest BCUT2D eigenvalue weighted by Gasteiger charge is -2.42. The van der Waals surface area contributed by atoms with Gasteiger partial charge in [-0.25, -0.2) is 0 Å². The topological polar surface area (TPSA) is 9.23 Å². The fourth-order valence-corrected chi connectivity index (χ4v) is 23.2. The van der Waals surface area contributed by atoms with Crippen LogP contribution >= 0.6 is 11.3 Å². The minimum absolute atomic E-state index is 0.276. The molecule has 1 nitrogen and oxygen atoms in total. The Labute approximate surface area is 707 Å². The van der Waals surface area contributed by atoms with E-state index in [2.05, 4.69) is 317 Å². The Kier molecular flexibility index (Phi) is 20.0. The molecule has 1 aliphatic heterocycles. The van der Waals surface area contributed by atoms with Crippen LogP contribution in [0, 0.1) is 6.92 Å². The molecule has 0 bridgehead atoms. The van der Waals surface area contributed by atoms with Gasteiger partial charge in [-0.1, -0.05) is 292 Å². The molecule has 10 aliphatic carbocycles. The van der Waals surface area contributed by atoms with E-state index in [4.69, 9.17) is 4.74 Å². The second-order valence-corrected chi connectivity index (χ2v) is 40.3. The van der Waals surface area contributed by atoms with Crippen LogP contribution in [0.2, 0.25) is 0 Å². The number of hydrogen-bond donors (Lipinski definition) is 0. The monoisotopic (exact) mass is 1550 g/mol. The minimum Gasteiger partial charge on any atom is -0.378 e. The van der Waals surface area contributed by atoms with Gasteiger partial charge in [0.15, 0.2) is 0 Å². The van der Waals surface area contributed by atoms with Crippen molar-refractivity contribution in [1.29, 1.82) is 0 Å². The molecule has 2 heterocycles. The van der Waals surface area contributed by atoms with E-state index in [9.17, 15) is 0 Å². The smallest absolute Gasteiger partial charge is 0.0616 e. The predicted octanol–water partition coefficient (Wildman–Crippen LogP) is 29.4. The van der Waals surface area contributed by atoms with Crippen molar-refractivity contribution in [3.05, 3.63) is 387 Å². The Hall–Kier alpha value is -10.2. The Morgan fingerprint density at radius 1 is 0.297 bits per heavy atom. The van der Waals surface area contributed by atoms with Gasteiger partial charge in [0.1, 0.15) is 0 Å². The third-order valence-electron chi connectivity index (χ3n) is 29.2. The third kappa shape index (κ3) is 14.6. The van der Waals surface area contributed by atoms with E-state index < -0.39 is 0 Å².